The van der Waals surface area contributed by atoms with Gasteiger partial charge in [-0.05, 0) is 61.6 Å². The quantitative estimate of drug-likeness (QED) is 0.710. The average Bonchev–Trinajstić information content (AvgIpc) is 2.76. The Morgan fingerprint density at radius 2 is 1.43 bits per heavy atom. The Balaban J connectivity index is 1.63. The van der Waals surface area contributed by atoms with E-state index in [0.29, 0.717) is 0 Å². The molecule has 0 radical (unpaired) electrons. The number of benzene rings is 2. The first-order chi connectivity index (χ1) is 14.4. The minimum atomic E-state index is -0.578. The lowest BCUT2D eigenvalue weighted by molar-refractivity contribution is -0.136. The number of piperidine rings is 1. The number of hydrogen-bond donors (Lipinski definition) is 1. The zero-order valence-corrected chi connectivity index (χ0v) is 17.8. The van der Waals surface area contributed by atoms with Gasteiger partial charge in [0.2, 0.25) is 11.8 Å². The number of halogens is 2. The van der Waals surface area contributed by atoms with Crippen LogP contribution in [0.5, 0.6) is 0 Å². The standard InChI is InChI=1S/C23H26F2N2O2S/c1-16(23(29)27-13-3-2-4-14-27)26-21(28)15-30-22(17-5-9-19(24)10-6-17)18-7-11-20(25)12-8-18/h5-12,16,22H,2-4,13-15H2,1H3,(H,26,28). The monoisotopic (exact) mass is 432 g/mol. The Hall–Kier alpha value is -2.41. The molecular formula is C23H26F2N2O2S. The maximum atomic E-state index is 13.3. The molecule has 30 heavy (non-hydrogen) atoms. The van der Waals surface area contributed by atoms with Crippen molar-refractivity contribution in [3.05, 3.63) is 71.3 Å². The van der Waals surface area contributed by atoms with Crippen LogP contribution >= 0.6 is 11.8 Å². The van der Waals surface area contributed by atoms with Gasteiger partial charge in [-0.15, -0.1) is 11.8 Å². The molecule has 4 nitrogen and oxygen atoms in total. The van der Waals surface area contributed by atoms with Crippen LogP contribution in [0.25, 0.3) is 0 Å². The van der Waals surface area contributed by atoms with Crippen LogP contribution < -0.4 is 5.32 Å². The second-order valence-corrected chi connectivity index (χ2v) is 8.56. The summed E-state index contributed by atoms with van der Waals surface area (Å²) in [6.45, 7) is 3.19. The molecule has 0 aliphatic carbocycles. The highest BCUT2D eigenvalue weighted by Gasteiger charge is 2.24. The van der Waals surface area contributed by atoms with Crippen LogP contribution in [0, 0.1) is 11.6 Å². The highest BCUT2D eigenvalue weighted by Crippen LogP contribution is 2.35. The second-order valence-electron chi connectivity index (χ2n) is 7.47. The highest BCUT2D eigenvalue weighted by atomic mass is 32.2. The Morgan fingerprint density at radius 1 is 0.933 bits per heavy atom. The molecule has 1 unspecified atom stereocenters. The van der Waals surface area contributed by atoms with Gasteiger partial charge in [0.15, 0.2) is 0 Å². The zero-order valence-electron chi connectivity index (χ0n) is 16.9. The topological polar surface area (TPSA) is 49.4 Å². The van der Waals surface area contributed by atoms with Gasteiger partial charge in [0.25, 0.3) is 0 Å². The molecule has 3 rings (SSSR count). The molecule has 2 aromatic rings. The fourth-order valence-electron chi connectivity index (χ4n) is 3.55. The molecule has 0 spiro atoms. The van der Waals surface area contributed by atoms with E-state index in [0.717, 1.165) is 43.5 Å². The molecule has 2 amide bonds. The maximum Gasteiger partial charge on any atom is 0.244 e. The summed E-state index contributed by atoms with van der Waals surface area (Å²) in [6, 6.07) is 11.5. The van der Waals surface area contributed by atoms with Crippen molar-refractivity contribution < 1.29 is 18.4 Å². The number of carbonyl (C=O) groups is 2. The molecule has 1 aliphatic heterocycles. The van der Waals surface area contributed by atoms with Crippen LogP contribution in [0.15, 0.2) is 48.5 Å². The number of thioether (sulfide) groups is 1. The average molecular weight is 433 g/mol. The number of amides is 2. The van der Waals surface area contributed by atoms with Crippen molar-refractivity contribution in [1.29, 1.82) is 0 Å². The second kappa shape index (κ2) is 10.6. The Morgan fingerprint density at radius 3 is 1.93 bits per heavy atom. The lowest BCUT2D eigenvalue weighted by atomic mass is 10.0. The van der Waals surface area contributed by atoms with Crippen molar-refractivity contribution >= 4 is 23.6 Å². The highest BCUT2D eigenvalue weighted by molar-refractivity contribution is 8.00. The molecule has 1 fully saturated rings. The van der Waals surface area contributed by atoms with Gasteiger partial charge in [0.1, 0.15) is 17.7 Å². The smallest absolute Gasteiger partial charge is 0.244 e. The molecule has 1 aliphatic rings. The summed E-state index contributed by atoms with van der Waals surface area (Å²) in [5.74, 6) is -0.862. The summed E-state index contributed by atoms with van der Waals surface area (Å²) in [6.07, 6.45) is 3.13. The molecular weight excluding hydrogens is 406 g/mol. The van der Waals surface area contributed by atoms with E-state index in [9.17, 15) is 18.4 Å². The van der Waals surface area contributed by atoms with Crippen molar-refractivity contribution in [2.45, 2.75) is 37.5 Å². The summed E-state index contributed by atoms with van der Waals surface area (Å²) >= 11 is 1.36. The first kappa shape index (κ1) is 22.3. The van der Waals surface area contributed by atoms with E-state index in [1.54, 1.807) is 36.1 Å². The SMILES string of the molecule is CC(NC(=O)CSC(c1ccc(F)cc1)c1ccc(F)cc1)C(=O)N1CCCCC1. The van der Waals surface area contributed by atoms with Crippen molar-refractivity contribution in [3.63, 3.8) is 0 Å². The van der Waals surface area contributed by atoms with E-state index in [1.807, 2.05) is 0 Å². The summed E-state index contributed by atoms with van der Waals surface area (Å²) in [5.41, 5.74) is 1.64. The largest absolute Gasteiger partial charge is 0.344 e. The van der Waals surface area contributed by atoms with E-state index in [1.165, 1.54) is 36.0 Å². The van der Waals surface area contributed by atoms with Crippen LogP contribution in [0.1, 0.15) is 42.6 Å². The number of nitrogens with one attached hydrogen (secondary N) is 1. The number of likely N-dealkylation sites (tertiary alicyclic amines) is 1. The molecule has 2 aromatic carbocycles. The van der Waals surface area contributed by atoms with Gasteiger partial charge in [-0.25, -0.2) is 8.78 Å². The number of hydrogen-bond acceptors (Lipinski definition) is 3. The Bertz CT molecular complexity index is 807. The van der Waals surface area contributed by atoms with E-state index >= 15 is 0 Å². The first-order valence-corrected chi connectivity index (χ1v) is 11.2. The molecule has 0 saturated carbocycles. The lowest BCUT2D eigenvalue weighted by Gasteiger charge is -2.29. The Kier molecular flexibility index (Phi) is 7.85. The van der Waals surface area contributed by atoms with Crippen molar-refractivity contribution in [3.8, 4) is 0 Å². The van der Waals surface area contributed by atoms with Crippen molar-refractivity contribution in [2.75, 3.05) is 18.8 Å². The number of carbonyl (C=O) groups excluding carboxylic acids is 2. The Labute approximate surface area is 180 Å². The summed E-state index contributed by atoms with van der Waals surface area (Å²) in [7, 11) is 0. The van der Waals surface area contributed by atoms with Crippen LogP contribution in [0.2, 0.25) is 0 Å². The van der Waals surface area contributed by atoms with E-state index in [-0.39, 0.29) is 34.5 Å². The fraction of sp³-hybridized carbons (Fsp3) is 0.391. The van der Waals surface area contributed by atoms with E-state index < -0.39 is 6.04 Å². The maximum absolute atomic E-state index is 13.3. The van der Waals surface area contributed by atoms with Gasteiger partial charge >= 0.3 is 0 Å². The molecule has 0 bridgehead atoms. The zero-order chi connectivity index (χ0) is 21.5. The third-order valence-electron chi connectivity index (χ3n) is 5.14. The van der Waals surface area contributed by atoms with Crippen LogP contribution in [0.4, 0.5) is 8.78 Å². The third-order valence-corrected chi connectivity index (χ3v) is 6.45. The number of rotatable bonds is 7. The predicted octanol–water partition coefficient (Wildman–Crippen LogP) is 4.30. The van der Waals surface area contributed by atoms with Crippen molar-refractivity contribution in [1.82, 2.24) is 10.2 Å². The van der Waals surface area contributed by atoms with Gasteiger partial charge in [-0.3, -0.25) is 9.59 Å². The van der Waals surface area contributed by atoms with Crippen LogP contribution in [0.3, 0.4) is 0 Å². The van der Waals surface area contributed by atoms with E-state index in [4.69, 9.17) is 0 Å². The van der Waals surface area contributed by atoms with Crippen LogP contribution in [-0.2, 0) is 9.59 Å². The first-order valence-electron chi connectivity index (χ1n) is 10.1. The summed E-state index contributed by atoms with van der Waals surface area (Å²) in [4.78, 5) is 26.8. The van der Waals surface area contributed by atoms with Crippen molar-refractivity contribution in [2.24, 2.45) is 0 Å². The molecule has 1 saturated heterocycles. The van der Waals surface area contributed by atoms with Crippen LogP contribution in [-0.4, -0.2) is 41.6 Å². The minimum absolute atomic E-state index is 0.0540. The molecule has 1 heterocycles. The normalized spacial score (nSPS) is 15.1. The summed E-state index contributed by atoms with van der Waals surface area (Å²) < 4.78 is 26.7. The molecule has 1 atom stereocenters. The van der Waals surface area contributed by atoms with Gasteiger partial charge in [0, 0.05) is 13.1 Å². The molecule has 0 aromatic heterocycles. The van der Waals surface area contributed by atoms with E-state index in [2.05, 4.69) is 5.32 Å². The third kappa shape index (κ3) is 6.05. The molecule has 160 valence electrons. The predicted molar refractivity (Wildman–Crippen MR) is 115 cm³/mol. The molecule has 1 N–H and O–H groups in total. The lowest BCUT2D eigenvalue weighted by Crippen LogP contribution is -2.48. The van der Waals surface area contributed by atoms with Gasteiger partial charge in [-0.2, -0.15) is 0 Å². The summed E-state index contributed by atoms with van der Waals surface area (Å²) in [5, 5.41) is 2.52. The minimum Gasteiger partial charge on any atom is -0.344 e. The van der Waals surface area contributed by atoms with Gasteiger partial charge < -0.3 is 10.2 Å². The molecule has 7 heteroatoms. The fourth-order valence-corrected chi connectivity index (χ4v) is 4.65. The van der Waals surface area contributed by atoms with Gasteiger partial charge in [-0.1, -0.05) is 24.3 Å². The van der Waals surface area contributed by atoms with Gasteiger partial charge in [0.05, 0.1) is 11.0 Å². The number of nitrogens with zero attached hydrogens (tertiary/aromatic N) is 1.